The van der Waals surface area contributed by atoms with Crippen molar-refractivity contribution in [1.29, 1.82) is 0 Å². The normalized spacial score (nSPS) is 14.5. The van der Waals surface area contributed by atoms with Crippen LogP contribution in [0.15, 0.2) is 77.7 Å². The van der Waals surface area contributed by atoms with Crippen LogP contribution in [0, 0.1) is 0 Å². The zero-order chi connectivity index (χ0) is 31.0. The summed E-state index contributed by atoms with van der Waals surface area (Å²) in [4.78, 5) is 29.3. The summed E-state index contributed by atoms with van der Waals surface area (Å²) in [6.45, 7) is 1.39. The molecule has 4 rings (SSSR count). The number of benzene rings is 3. The first-order valence-corrected chi connectivity index (χ1v) is 16.6. The van der Waals surface area contributed by atoms with Gasteiger partial charge in [0.2, 0.25) is 11.8 Å². The first kappa shape index (κ1) is 32.6. The highest BCUT2D eigenvalue weighted by atomic mass is 35.5. The molecule has 0 unspecified atom stereocenters. The molecule has 43 heavy (non-hydrogen) atoms. The Morgan fingerprint density at radius 1 is 0.953 bits per heavy atom. The van der Waals surface area contributed by atoms with Crippen LogP contribution in [0.4, 0.5) is 5.69 Å². The van der Waals surface area contributed by atoms with Crippen LogP contribution in [0.5, 0.6) is 5.75 Å². The molecule has 11 heteroatoms. The molecule has 0 spiro atoms. The molecule has 0 saturated heterocycles. The molecule has 1 N–H and O–H groups in total. The molecule has 0 radical (unpaired) electrons. The average Bonchev–Trinajstić information content (AvgIpc) is 3.01. The van der Waals surface area contributed by atoms with Gasteiger partial charge in [-0.15, -0.1) is 0 Å². The molecule has 2 amide bonds. The van der Waals surface area contributed by atoms with Crippen LogP contribution in [-0.4, -0.2) is 50.9 Å². The summed E-state index contributed by atoms with van der Waals surface area (Å²) in [5.41, 5.74) is 0.983. The molecule has 0 aliphatic heterocycles. The van der Waals surface area contributed by atoms with Gasteiger partial charge in [0, 0.05) is 22.6 Å². The molecule has 0 heterocycles. The lowest BCUT2D eigenvalue weighted by Gasteiger charge is -2.34. The highest BCUT2D eigenvalue weighted by molar-refractivity contribution is 7.92. The lowest BCUT2D eigenvalue weighted by molar-refractivity contribution is -0.140. The number of anilines is 1. The molecule has 8 nitrogen and oxygen atoms in total. The van der Waals surface area contributed by atoms with Crippen molar-refractivity contribution < 1.29 is 22.7 Å². The fourth-order valence-corrected chi connectivity index (χ4v) is 7.00. The fraction of sp³-hybridized carbons (Fsp3) is 0.375. The lowest BCUT2D eigenvalue weighted by Crippen LogP contribution is -2.54. The number of nitrogens with zero attached hydrogens (tertiary/aromatic N) is 2. The number of nitrogens with one attached hydrogen (secondary N) is 1. The fourth-order valence-electron chi connectivity index (χ4n) is 5.29. The minimum absolute atomic E-state index is 0.0209. The summed E-state index contributed by atoms with van der Waals surface area (Å²) in [6.07, 6.45) is 5.39. The van der Waals surface area contributed by atoms with Gasteiger partial charge >= 0.3 is 0 Å². The van der Waals surface area contributed by atoms with Crippen molar-refractivity contribution in [2.45, 2.75) is 69.0 Å². The Balaban J connectivity index is 1.70. The Bertz CT molecular complexity index is 1490. The molecule has 1 saturated carbocycles. The number of rotatable bonds is 12. The van der Waals surface area contributed by atoms with Gasteiger partial charge in [-0.05, 0) is 79.4 Å². The summed E-state index contributed by atoms with van der Waals surface area (Å²) in [5.74, 6) is -0.282. The van der Waals surface area contributed by atoms with E-state index in [1.165, 1.54) is 30.2 Å². The maximum absolute atomic E-state index is 14.2. The number of sulfonamides is 1. The second-order valence-electron chi connectivity index (χ2n) is 10.6. The highest BCUT2D eigenvalue weighted by Gasteiger charge is 2.34. The third kappa shape index (κ3) is 8.43. The van der Waals surface area contributed by atoms with Crippen LogP contribution < -0.4 is 14.4 Å². The number of methoxy groups -OCH3 is 1. The largest absolute Gasteiger partial charge is 0.497 e. The molecule has 0 bridgehead atoms. The summed E-state index contributed by atoms with van der Waals surface area (Å²) in [7, 11) is -2.73. The first-order chi connectivity index (χ1) is 20.6. The van der Waals surface area contributed by atoms with Gasteiger partial charge in [-0.3, -0.25) is 13.9 Å². The van der Waals surface area contributed by atoms with Gasteiger partial charge in [-0.25, -0.2) is 8.42 Å². The van der Waals surface area contributed by atoms with Gasteiger partial charge in [0.25, 0.3) is 10.0 Å². The number of hydrogen-bond acceptors (Lipinski definition) is 5. The van der Waals surface area contributed by atoms with E-state index >= 15 is 0 Å². The second-order valence-corrected chi connectivity index (χ2v) is 13.3. The van der Waals surface area contributed by atoms with Crippen molar-refractivity contribution >= 4 is 50.7 Å². The SMILES string of the molecule is CC[C@@H](C(=O)NC1CCCCC1)N(Cc1ccc(Cl)cc1)C(=O)CN(c1cccc(Cl)c1)S(=O)(=O)c1ccc(OC)cc1. The zero-order valence-electron chi connectivity index (χ0n) is 24.3. The molecule has 3 aromatic rings. The number of carbonyl (C=O) groups is 2. The molecule has 1 aliphatic carbocycles. The van der Waals surface area contributed by atoms with Gasteiger partial charge in [-0.2, -0.15) is 0 Å². The summed E-state index contributed by atoms with van der Waals surface area (Å²) < 4.78 is 34.2. The third-order valence-corrected chi connectivity index (χ3v) is 9.90. The zero-order valence-corrected chi connectivity index (χ0v) is 26.7. The topological polar surface area (TPSA) is 96.0 Å². The van der Waals surface area contributed by atoms with Crippen molar-refractivity contribution in [3.63, 3.8) is 0 Å². The van der Waals surface area contributed by atoms with Crippen LogP contribution >= 0.6 is 23.2 Å². The Morgan fingerprint density at radius 2 is 1.63 bits per heavy atom. The van der Waals surface area contributed by atoms with E-state index in [9.17, 15) is 18.0 Å². The van der Waals surface area contributed by atoms with Crippen molar-refractivity contribution in [2.75, 3.05) is 18.0 Å². The van der Waals surface area contributed by atoms with E-state index in [4.69, 9.17) is 27.9 Å². The van der Waals surface area contributed by atoms with E-state index in [0.29, 0.717) is 22.2 Å². The minimum Gasteiger partial charge on any atom is -0.497 e. The number of amides is 2. The van der Waals surface area contributed by atoms with E-state index in [1.807, 2.05) is 6.92 Å². The predicted octanol–water partition coefficient (Wildman–Crippen LogP) is 6.45. The van der Waals surface area contributed by atoms with Crippen molar-refractivity contribution in [3.8, 4) is 5.75 Å². The van der Waals surface area contributed by atoms with Crippen LogP contribution in [0.25, 0.3) is 0 Å². The van der Waals surface area contributed by atoms with Crippen LogP contribution in [0.1, 0.15) is 51.0 Å². The Labute approximate surface area is 264 Å². The highest BCUT2D eigenvalue weighted by Crippen LogP contribution is 2.28. The standard InChI is InChI=1S/C32H37Cl2N3O5S/c1-3-30(32(39)35-26-9-5-4-6-10-26)36(21-23-12-14-24(33)15-13-23)31(38)22-37(27-11-7-8-25(34)20-27)43(40,41)29-18-16-28(42-2)17-19-29/h7-8,11-20,26,30H,3-6,9-10,21-22H2,1-2H3,(H,35,39)/t30-/m0/s1. The van der Waals surface area contributed by atoms with Gasteiger partial charge in [0.05, 0.1) is 17.7 Å². The van der Waals surface area contributed by atoms with Crippen molar-refractivity contribution in [2.24, 2.45) is 0 Å². The molecular formula is C32H37Cl2N3O5S. The van der Waals surface area contributed by atoms with Crippen molar-refractivity contribution in [1.82, 2.24) is 10.2 Å². The molecule has 1 aliphatic rings. The summed E-state index contributed by atoms with van der Waals surface area (Å²) in [6, 6.07) is 18.5. The quantitative estimate of drug-likeness (QED) is 0.244. The Kier molecular flexibility index (Phi) is 11.3. The lowest BCUT2D eigenvalue weighted by atomic mass is 9.95. The van der Waals surface area contributed by atoms with Gasteiger partial charge in [0.1, 0.15) is 18.3 Å². The molecule has 1 atom stereocenters. The molecular weight excluding hydrogens is 609 g/mol. The van der Waals surface area contributed by atoms with Crippen LogP contribution in [0.3, 0.4) is 0 Å². The van der Waals surface area contributed by atoms with E-state index < -0.39 is 28.5 Å². The predicted molar refractivity (Wildman–Crippen MR) is 170 cm³/mol. The molecule has 230 valence electrons. The molecule has 1 fully saturated rings. The van der Waals surface area contributed by atoms with Crippen molar-refractivity contribution in [3.05, 3.63) is 88.4 Å². The van der Waals surface area contributed by atoms with Crippen LogP contribution in [0.2, 0.25) is 10.0 Å². The Hall–Kier alpha value is -3.27. The monoisotopic (exact) mass is 645 g/mol. The van der Waals surface area contributed by atoms with Gasteiger partial charge in [0.15, 0.2) is 0 Å². The molecule has 3 aromatic carbocycles. The third-order valence-electron chi connectivity index (χ3n) is 7.63. The maximum Gasteiger partial charge on any atom is 0.264 e. The van der Waals surface area contributed by atoms with Gasteiger partial charge < -0.3 is 15.0 Å². The number of ether oxygens (including phenoxy) is 1. The molecule has 0 aromatic heterocycles. The summed E-state index contributed by atoms with van der Waals surface area (Å²) in [5, 5.41) is 4.00. The second kappa shape index (κ2) is 14.9. The van der Waals surface area contributed by atoms with E-state index in [1.54, 1.807) is 54.6 Å². The maximum atomic E-state index is 14.2. The van der Waals surface area contributed by atoms with Crippen LogP contribution in [-0.2, 0) is 26.2 Å². The number of hydrogen-bond donors (Lipinski definition) is 1. The van der Waals surface area contributed by atoms with Gasteiger partial charge in [-0.1, -0.05) is 67.6 Å². The minimum atomic E-state index is -4.22. The summed E-state index contributed by atoms with van der Waals surface area (Å²) >= 11 is 12.4. The first-order valence-electron chi connectivity index (χ1n) is 14.4. The van der Waals surface area contributed by atoms with E-state index in [-0.39, 0.29) is 29.1 Å². The number of carbonyl (C=O) groups excluding carboxylic acids is 2. The smallest absolute Gasteiger partial charge is 0.264 e. The number of halogens is 2. The average molecular weight is 647 g/mol. The van der Waals surface area contributed by atoms with E-state index in [0.717, 1.165) is 42.0 Å². The Morgan fingerprint density at radius 3 is 2.23 bits per heavy atom. The van der Waals surface area contributed by atoms with E-state index in [2.05, 4.69) is 5.32 Å².